The molecule has 0 aromatic heterocycles. The molecule has 0 bridgehead atoms. The van der Waals surface area contributed by atoms with Gasteiger partial charge in [0.25, 0.3) is 19.3 Å². The van der Waals surface area contributed by atoms with Gasteiger partial charge >= 0.3 is 17.1 Å². The number of benzene rings is 1. The van der Waals surface area contributed by atoms with Crippen molar-refractivity contribution in [2.75, 3.05) is 0 Å². The van der Waals surface area contributed by atoms with Gasteiger partial charge in [-0.25, -0.2) is 0 Å². The van der Waals surface area contributed by atoms with Crippen LogP contribution in [0.4, 0.5) is 0 Å². The molecule has 2 atom stereocenters. The molecule has 0 spiro atoms. The normalized spacial score (nSPS) is 32.1. The van der Waals surface area contributed by atoms with Crippen molar-refractivity contribution >= 4 is 42.5 Å². The minimum atomic E-state index is -2.35. The van der Waals surface area contributed by atoms with E-state index in [1.54, 1.807) is 0 Å². The fraction of sp³-hybridized carbons (Fsp3) is 0.333. The molecular formula is C12H22O4Si4. The van der Waals surface area contributed by atoms with Crippen molar-refractivity contribution in [3.05, 3.63) is 41.6 Å². The first-order chi connectivity index (χ1) is 9.39. The standard InChI is InChI=1S/C12H22O4Si4/c1-18-13-17-14-20(4,16-19(2,3)15-18)11-10-12-8-6-5-7-9-12/h5-11,18H,17H2,1-4H3. The van der Waals surface area contributed by atoms with Crippen LogP contribution in [0, 0.1) is 0 Å². The van der Waals surface area contributed by atoms with Crippen LogP contribution < -0.4 is 0 Å². The Labute approximate surface area is 127 Å². The van der Waals surface area contributed by atoms with Gasteiger partial charge in [0.1, 0.15) is 0 Å². The van der Waals surface area contributed by atoms with Crippen LogP contribution in [0.1, 0.15) is 5.56 Å². The maximum Gasteiger partial charge on any atom is 0.343 e. The zero-order valence-corrected chi connectivity index (χ0v) is 17.0. The molecule has 110 valence electrons. The van der Waals surface area contributed by atoms with Crippen molar-refractivity contribution in [2.45, 2.75) is 26.2 Å². The van der Waals surface area contributed by atoms with Gasteiger partial charge in [0.05, 0.1) is 0 Å². The lowest BCUT2D eigenvalue weighted by molar-refractivity contribution is 0.279. The molecule has 2 rings (SSSR count). The van der Waals surface area contributed by atoms with Crippen LogP contribution in [-0.4, -0.2) is 36.4 Å². The number of rotatable bonds is 2. The molecule has 1 aliphatic heterocycles. The molecule has 1 aliphatic rings. The Hall–Kier alpha value is -0.332. The van der Waals surface area contributed by atoms with Crippen LogP contribution >= 0.6 is 0 Å². The van der Waals surface area contributed by atoms with Gasteiger partial charge in [-0.2, -0.15) is 0 Å². The summed E-state index contributed by atoms with van der Waals surface area (Å²) in [4.78, 5) is 0. The Bertz CT molecular complexity index is 468. The summed E-state index contributed by atoms with van der Waals surface area (Å²) in [6.07, 6.45) is 2.08. The first-order valence-corrected chi connectivity index (χ1v) is 15.2. The van der Waals surface area contributed by atoms with Crippen LogP contribution in [0.5, 0.6) is 0 Å². The first kappa shape index (κ1) is 16.0. The highest BCUT2D eigenvalue weighted by molar-refractivity contribution is 6.87. The summed E-state index contributed by atoms with van der Waals surface area (Å²) in [7, 11) is -7.08. The maximum absolute atomic E-state index is 6.29. The molecule has 8 heteroatoms. The van der Waals surface area contributed by atoms with Crippen molar-refractivity contribution in [3.8, 4) is 0 Å². The van der Waals surface area contributed by atoms with E-state index in [2.05, 4.69) is 43.5 Å². The highest BCUT2D eigenvalue weighted by atomic mass is 28.5. The topological polar surface area (TPSA) is 36.9 Å². The van der Waals surface area contributed by atoms with Gasteiger partial charge in [-0.05, 0) is 37.5 Å². The zero-order chi connectivity index (χ0) is 14.6. The van der Waals surface area contributed by atoms with E-state index >= 15 is 0 Å². The predicted octanol–water partition coefficient (Wildman–Crippen LogP) is 1.94. The maximum atomic E-state index is 6.29. The Kier molecular flexibility index (Phi) is 5.31. The molecule has 1 saturated heterocycles. The summed E-state index contributed by atoms with van der Waals surface area (Å²) >= 11 is 0. The Morgan fingerprint density at radius 1 is 1.15 bits per heavy atom. The molecule has 1 heterocycles. The fourth-order valence-electron chi connectivity index (χ4n) is 2.12. The van der Waals surface area contributed by atoms with Crippen molar-refractivity contribution < 1.29 is 16.5 Å². The summed E-state index contributed by atoms with van der Waals surface area (Å²) < 4.78 is 24.1. The molecule has 0 saturated carbocycles. The van der Waals surface area contributed by atoms with Crippen molar-refractivity contribution in [3.63, 3.8) is 0 Å². The number of hydrogen-bond acceptors (Lipinski definition) is 4. The van der Waals surface area contributed by atoms with Gasteiger partial charge < -0.3 is 16.5 Å². The van der Waals surface area contributed by atoms with E-state index in [0.29, 0.717) is 0 Å². The Morgan fingerprint density at radius 3 is 2.55 bits per heavy atom. The Morgan fingerprint density at radius 2 is 1.85 bits per heavy atom. The number of hydrogen-bond donors (Lipinski definition) is 0. The third-order valence-electron chi connectivity index (χ3n) is 2.92. The molecule has 1 fully saturated rings. The van der Waals surface area contributed by atoms with Gasteiger partial charge in [0, 0.05) is 0 Å². The predicted molar refractivity (Wildman–Crippen MR) is 90.5 cm³/mol. The van der Waals surface area contributed by atoms with Gasteiger partial charge in [0.2, 0.25) is 0 Å². The fourth-order valence-corrected chi connectivity index (χ4v) is 15.2. The van der Waals surface area contributed by atoms with Crippen LogP contribution in [-0.2, 0) is 16.5 Å². The lowest BCUT2D eigenvalue weighted by atomic mass is 10.2. The molecule has 2 unspecified atom stereocenters. The molecule has 0 N–H and O–H groups in total. The summed E-state index contributed by atoms with van der Waals surface area (Å²) in [5.41, 5.74) is 3.25. The van der Waals surface area contributed by atoms with Gasteiger partial charge in [-0.15, -0.1) is 0 Å². The van der Waals surface area contributed by atoms with Crippen LogP contribution in [0.15, 0.2) is 36.0 Å². The second-order valence-electron chi connectivity index (χ2n) is 5.38. The van der Waals surface area contributed by atoms with E-state index in [0.717, 1.165) is 5.56 Å². The van der Waals surface area contributed by atoms with Crippen LogP contribution in [0.3, 0.4) is 0 Å². The zero-order valence-electron chi connectivity index (χ0n) is 12.5. The van der Waals surface area contributed by atoms with E-state index < -0.39 is 36.4 Å². The lowest BCUT2D eigenvalue weighted by Gasteiger charge is -2.37. The van der Waals surface area contributed by atoms with Crippen LogP contribution in [0.2, 0.25) is 26.2 Å². The highest BCUT2D eigenvalue weighted by Crippen LogP contribution is 2.22. The van der Waals surface area contributed by atoms with E-state index in [9.17, 15) is 0 Å². The second kappa shape index (κ2) is 6.62. The second-order valence-corrected chi connectivity index (χ2v) is 16.2. The molecule has 4 nitrogen and oxygen atoms in total. The van der Waals surface area contributed by atoms with Gasteiger partial charge in [-0.1, -0.05) is 36.4 Å². The van der Waals surface area contributed by atoms with Crippen molar-refractivity contribution in [2.24, 2.45) is 0 Å². The summed E-state index contributed by atoms with van der Waals surface area (Å²) in [5.74, 6) is 0. The summed E-state index contributed by atoms with van der Waals surface area (Å²) in [6.45, 7) is 8.24. The largest absolute Gasteiger partial charge is 0.423 e. The molecule has 20 heavy (non-hydrogen) atoms. The summed E-state index contributed by atoms with van der Waals surface area (Å²) in [6, 6.07) is 10.2. The quantitative estimate of drug-likeness (QED) is 0.770. The Balaban J connectivity index is 2.13. The SMILES string of the molecule is C[SiH]1O[SiH2]O[Si](C)(C=Cc2ccccc2)O[Si](C)(C)O1. The van der Waals surface area contributed by atoms with Crippen LogP contribution in [0.25, 0.3) is 6.08 Å². The third-order valence-corrected chi connectivity index (χ3v) is 16.1. The minimum Gasteiger partial charge on any atom is -0.423 e. The van der Waals surface area contributed by atoms with Crippen molar-refractivity contribution in [1.82, 2.24) is 0 Å². The lowest BCUT2D eigenvalue weighted by Crippen LogP contribution is -2.55. The minimum absolute atomic E-state index is 1.00. The molecular weight excluding hydrogens is 320 g/mol. The average Bonchev–Trinajstić information content (AvgIpc) is 2.35. The molecule has 1 aromatic rings. The molecule has 0 radical (unpaired) electrons. The van der Waals surface area contributed by atoms with E-state index in [-0.39, 0.29) is 0 Å². The average molecular weight is 343 g/mol. The van der Waals surface area contributed by atoms with E-state index in [4.69, 9.17) is 16.5 Å². The van der Waals surface area contributed by atoms with Gasteiger partial charge in [-0.3, -0.25) is 0 Å². The molecule has 0 aliphatic carbocycles. The molecule has 1 aromatic carbocycles. The smallest absolute Gasteiger partial charge is 0.343 e. The first-order valence-electron chi connectivity index (χ1n) is 6.76. The van der Waals surface area contributed by atoms with Gasteiger partial charge in [0.15, 0.2) is 0 Å². The third kappa shape index (κ3) is 4.89. The van der Waals surface area contributed by atoms with E-state index in [1.165, 1.54) is 0 Å². The summed E-state index contributed by atoms with van der Waals surface area (Å²) in [5, 5.41) is 0. The van der Waals surface area contributed by atoms with E-state index in [1.807, 2.05) is 24.7 Å². The highest BCUT2D eigenvalue weighted by Gasteiger charge is 2.41. The molecule has 0 amide bonds. The monoisotopic (exact) mass is 342 g/mol. The van der Waals surface area contributed by atoms with Crippen molar-refractivity contribution in [1.29, 1.82) is 0 Å².